The van der Waals surface area contributed by atoms with Gasteiger partial charge in [0.2, 0.25) is 0 Å². The molecule has 20 heavy (non-hydrogen) atoms. The molecule has 1 aromatic carbocycles. The summed E-state index contributed by atoms with van der Waals surface area (Å²) < 4.78 is 5.59. The second-order valence-corrected chi connectivity index (χ2v) is 4.10. The standard InChI is InChI=1S/C14H19N5O/c1-15-14(17-11-12-7-8-18-19-12)16-9-10-20-13-5-3-2-4-6-13/h2-8H,9-11H2,1H3,(H,18,19)(H2,15,16,17). The molecular weight excluding hydrogens is 254 g/mol. The Morgan fingerprint density at radius 2 is 2.10 bits per heavy atom. The van der Waals surface area contributed by atoms with Gasteiger partial charge in [-0.25, -0.2) is 0 Å². The highest BCUT2D eigenvalue weighted by atomic mass is 16.5. The molecule has 0 fully saturated rings. The average Bonchev–Trinajstić information content (AvgIpc) is 3.01. The summed E-state index contributed by atoms with van der Waals surface area (Å²) in [5.74, 6) is 1.60. The zero-order chi connectivity index (χ0) is 14.0. The molecule has 0 atom stereocenters. The number of nitrogens with one attached hydrogen (secondary N) is 3. The van der Waals surface area contributed by atoms with Crippen molar-refractivity contribution in [1.82, 2.24) is 20.8 Å². The smallest absolute Gasteiger partial charge is 0.191 e. The molecule has 0 saturated carbocycles. The highest BCUT2D eigenvalue weighted by Gasteiger charge is 1.99. The van der Waals surface area contributed by atoms with Crippen LogP contribution < -0.4 is 15.4 Å². The van der Waals surface area contributed by atoms with E-state index in [1.807, 2.05) is 36.4 Å². The number of H-pyrrole nitrogens is 1. The first-order valence-electron chi connectivity index (χ1n) is 6.49. The number of aliphatic imine (C=N–C) groups is 1. The topological polar surface area (TPSA) is 74.3 Å². The Balaban J connectivity index is 1.64. The van der Waals surface area contributed by atoms with Crippen LogP contribution in [0.15, 0.2) is 47.6 Å². The van der Waals surface area contributed by atoms with Gasteiger partial charge in [-0.2, -0.15) is 5.10 Å². The van der Waals surface area contributed by atoms with E-state index in [9.17, 15) is 0 Å². The summed E-state index contributed by atoms with van der Waals surface area (Å²) >= 11 is 0. The van der Waals surface area contributed by atoms with Gasteiger partial charge < -0.3 is 15.4 Å². The number of ether oxygens (including phenoxy) is 1. The molecule has 2 aromatic rings. The first-order chi connectivity index (χ1) is 9.88. The Morgan fingerprint density at radius 3 is 2.80 bits per heavy atom. The molecule has 0 aliphatic rings. The van der Waals surface area contributed by atoms with Crippen molar-refractivity contribution in [3.8, 4) is 5.75 Å². The molecule has 0 spiro atoms. The summed E-state index contributed by atoms with van der Waals surface area (Å²) in [5.41, 5.74) is 1.01. The third-order valence-electron chi connectivity index (χ3n) is 2.63. The van der Waals surface area contributed by atoms with Crippen LogP contribution in [0.5, 0.6) is 5.75 Å². The van der Waals surface area contributed by atoms with Crippen molar-refractivity contribution in [3.63, 3.8) is 0 Å². The van der Waals surface area contributed by atoms with Crippen LogP contribution in [0, 0.1) is 0 Å². The molecule has 0 unspecified atom stereocenters. The number of benzene rings is 1. The van der Waals surface area contributed by atoms with Gasteiger partial charge in [0, 0.05) is 13.2 Å². The van der Waals surface area contributed by atoms with Gasteiger partial charge in [0.25, 0.3) is 0 Å². The van der Waals surface area contributed by atoms with Gasteiger partial charge in [-0.3, -0.25) is 10.1 Å². The molecular formula is C14H19N5O. The zero-order valence-corrected chi connectivity index (χ0v) is 11.5. The third kappa shape index (κ3) is 4.64. The van der Waals surface area contributed by atoms with Crippen LogP contribution in [0.4, 0.5) is 0 Å². The Bertz CT molecular complexity index is 510. The number of hydrogen-bond donors (Lipinski definition) is 3. The van der Waals surface area contributed by atoms with E-state index in [1.165, 1.54) is 0 Å². The van der Waals surface area contributed by atoms with Gasteiger partial charge >= 0.3 is 0 Å². The SMILES string of the molecule is CN=C(NCCOc1ccccc1)NCc1ccn[nH]1. The monoisotopic (exact) mass is 273 g/mol. The summed E-state index contributed by atoms with van der Waals surface area (Å²) in [4.78, 5) is 4.14. The van der Waals surface area contributed by atoms with Crippen LogP contribution in [0.2, 0.25) is 0 Å². The lowest BCUT2D eigenvalue weighted by Gasteiger charge is -2.11. The normalized spacial score (nSPS) is 11.2. The fraction of sp³-hybridized carbons (Fsp3) is 0.286. The van der Waals surface area contributed by atoms with E-state index in [0.29, 0.717) is 19.7 Å². The van der Waals surface area contributed by atoms with Crippen LogP contribution in [0.1, 0.15) is 5.69 Å². The maximum atomic E-state index is 5.59. The lowest BCUT2D eigenvalue weighted by atomic mass is 10.3. The molecule has 0 aliphatic carbocycles. The third-order valence-corrected chi connectivity index (χ3v) is 2.63. The molecule has 0 radical (unpaired) electrons. The van der Waals surface area contributed by atoms with Gasteiger partial charge in [-0.15, -0.1) is 0 Å². The van der Waals surface area contributed by atoms with Gasteiger partial charge in [0.15, 0.2) is 5.96 Å². The molecule has 6 nitrogen and oxygen atoms in total. The number of aromatic amines is 1. The minimum absolute atomic E-state index is 0.578. The number of rotatable bonds is 6. The van der Waals surface area contributed by atoms with Gasteiger partial charge in [0.05, 0.1) is 18.8 Å². The average molecular weight is 273 g/mol. The summed E-state index contributed by atoms with van der Waals surface area (Å²) in [6, 6.07) is 11.7. The quantitative estimate of drug-likeness (QED) is 0.419. The molecule has 3 N–H and O–H groups in total. The predicted octanol–water partition coefficient (Wildman–Crippen LogP) is 1.15. The van der Waals surface area contributed by atoms with E-state index in [0.717, 1.165) is 17.4 Å². The van der Waals surface area contributed by atoms with Crippen molar-refractivity contribution in [2.45, 2.75) is 6.54 Å². The minimum atomic E-state index is 0.578. The summed E-state index contributed by atoms with van der Waals surface area (Å²) in [5, 5.41) is 13.1. The minimum Gasteiger partial charge on any atom is -0.492 e. The van der Waals surface area contributed by atoms with Crippen molar-refractivity contribution < 1.29 is 4.74 Å². The molecule has 0 saturated heterocycles. The van der Waals surface area contributed by atoms with Crippen LogP contribution in [-0.4, -0.2) is 36.4 Å². The first kappa shape index (κ1) is 13.9. The Kier molecular flexibility index (Phi) is 5.45. The Morgan fingerprint density at radius 1 is 1.25 bits per heavy atom. The van der Waals surface area contributed by atoms with E-state index in [4.69, 9.17) is 4.74 Å². The number of nitrogens with zero attached hydrogens (tertiary/aromatic N) is 2. The van der Waals surface area contributed by atoms with Crippen molar-refractivity contribution in [2.24, 2.45) is 4.99 Å². The van der Waals surface area contributed by atoms with Crippen LogP contribution >= 0.6 is 0 Å². The molecule has 6 heteroatoms. The Labute approximate surface area is 118 Å². The van der Waals surface area contributed by atoms with Crippen LogP contribution in [0.25, 0.3) is 0 Å². The van der Waals surface area contributed by atoms with Gasteiger partial charge in [-0.05, 0) is 18.2 Å². The summed E-state index contributed by atoms with van der Waals surface area (Å²) in [6.07, 6.45) is 1.72. The highest BCUT2D eigenvalue weighted by Crippen LogP contribution is 2.07. The molecule has 0 aliphatic heterocycles. The van der Waals surface area contributed by atoms with Crippen LogP contribution in [-0.2, 0) is 6.54 Å². The lowest BCUT2D eigenvalue weighted by Crippen LogP contribution is -2.38. The van der Waals surface area contributed by atoms with Crippen molar-refractivity contribution in [1.29, 1.82) is 0 Å². The Hall–Kier alpha value is -2.50. The molecule has 0 bridgehead atoms. The fourth-order valence-electron chi connectivity index (χ4n) is 1.64. The molecule has 1 aromatic heterocycles. The second-order valence-electron chi connectivity index (χ2n) is 4.10. The number of aromatic nitrogens is 2. The number of para-hydroxylation sites is 1. The van der Waals surface area contributed by atoms with E-state index in [-0.39, 0.29) is 0 Å². The van der Waals surface area contributed by atoms with Crippen molar-refractivity contribution in [3.05, 3.63) is 48.3 Å². The van der Waals surface area contributed by atoms with Crippen LogP contribution in [0.3, 0.4) is 0 Å². The summed E-state index contributed by atoms with van der Waals surface area (Å²) in [6.45, 7) is 1.91. The largest absolute Gasteiger partial charge is 0.492 e. The van der Waals surface area contributed by atoms with E-state index < -0.39 is 0 Å². The molecule has 2 rings (SSSR count). The lowest BCUT2D eigenvalue weighted by molar-refractivity contribution is 0.322. The fourth-order valence-corrected chi connectivity index (χ4v) is 1.64. The van der Waals surface area contributed by atoms with Gasteiger partial charge in [-0.1, -0.05) is 18.2 Å². The van der Waals surface area contributed by atoms with E-state index in [1.54, 1.807) is 13.2 Å². The van der Waals surface area contributed by atoms with Crippen molar-refractivity contribution >= 4 is 5.96 Å². The summed E-state index contributed by atoms with van der Waals surface area (Å²) in [7, 11) is 1.74. The highest BCUT2D eigenvalue weighted by molar-refractivity contribution is 5.79. The first-order valence-corrected chi connectivity index (χ1v) is 6.49. The number of hydrogen-bond acceptors (Lipinski definition) is 3. The predicted molar refractivity (Wildman–Crippen MR) is 78.7 cm³/mol. The maximum Gasteiger partial charge on any atom is 0.191 e. The van der Waals surface area contributed by atoms with E-state index >= 15 is 0 Å². The molecule has 0 amide bonds. The molecule has 106 valence electrons. The zero-order valence-electron chi connectivity index (χ0n) is 11.5. The van der Waals surface area contributed by atoms with Gasteiger partial charge in [0.1, 0.15) is 12.4 Å². The van der Waals surface area contributed by atoms with E-state index in [2.05, 4.69) is 25.8 Å². The van der Waals surface area contributed by atoms with Crippen molar-refractivity contribution in [2.75, 3.05) is 20.2 Å². The maximum absolute atomic E-state index is 5.59. The number of guanidine groups is 1. The molecule has 1 heterocycles. The second kappa shape index (κ2) is 7.83.